The van der Waals surface area contributed by atoms with Gasteiger partial charge < -0.3 is 14.5 Å². The maximum absolute atomic E-state index is 12.5. The Morgan fingerprint density at radius 1 is 1.36 bits per heavy atom. The molecule has 9 heteroatoms. The van der Waals surface area contributed by atoms with Gasteiger partial charge in [-0.25, -0.2) is 9.97 Å². The number of rotatable bonds is 6. The van der Waals surface area contributed by atoms with Gasteiger partial charge in [0.2, 0.25) is 5.91 Å². The SMILES string of the molecule is CN(C)c1nccnc1[C@@H]1CN(C(=O)CCCn2cncn2)CCO1. The van der Waals surface area contributed by atoms with Crippen molar-refractivity contribution in [1.82, 2.24) is 29.6 Å². The van der Waals surface area contributed by atoms with E-state index >= 15 is 0 Å². The second-order valence-electron chi connectivity index (χ2n) is 6.12. The number of hydrogen-bond donors (Lipinski definition) is 0. The topological polar surface area (TPSA) is 89.3 Å². The van der Waals surface area contributed by atoms with E-state index in [1.54, 1.807) is 23.4 Å². The summed E-state index contributed by atoms with van der Waals surface area (Å²) < 4.78 is 7.59. The molecule has 1 aliphatic heterocycles. The zero-order valence-corrected chi connectivity index (χ0v) is 14.6. The molecule has 0 aliphatic carbocycles. The molecular weight excluding hydrogens is 322 g/mol. The Kier molecular flexibility index (Phi) is 5.54. The van der Waals surface area contributed by atoms with Crippen LogP contribution in [0, 0.1) is 0 Å². The molecule has 2 aromatic heterocycles. The van der Waals surface area contributed by atoms with Crippen molar-refractivity contribution in [3.8, 4) is 0 Å². The number of nitrogens with zero attached hydrogens (tertiary/aromatic N) is 7. The van der Waals surface area contributed by atoms with Crippen LogP contribution in [0.3, 0.4) is 0 Å². The molecule has 134 valence electrons. The molecule has 0 aromatic carbocycles. The zero-order valence-electron chi connectivity index (χ0n) is 14.6. The summed E-state index contributed by atoms with van der Waals surface area (Å²) >= 11 is 0. The van der Waals surface area contributed by atoms with Crippen LogP contribution in [0.2, 0.25) is 0 Å². The molecule has 1 atom stereocenters. The highest BCUT2D eigenvalue weighted by Gasteiger charge is 2.28. The fourth-order valence-electron chi connectivity index (χ4n) is 2.85. The minimum absolute atomic E-state index is 0.128. The van der Waals surface area contributed by atoms with Gasteiger partial charge in [0.1, 0.15) is 24.5 Å². The van der Waals surface area contributed by atoms with Crippen LogP contribution in [0.25, 0.3) is 0 Å². The molecule has 1 fully saturated rings. The van der Waals surface area contributed by atoms with Crippen LogP contribution in [0.5, 0.6) is 0 Å². The van der Waals surface area contributed by atoms with E-state index in [9.17, 15) is 4.79 Å². The molecule has 0 spiro atoms. The largest absolute Gasteiger partial charge is 0.368 e. The van der Waals surface area contributed by atoms with Crippen LogP contribution in [0.4, 0.5) is 5.82 Å². The van der Waals surface area contributed by atoms with Gasteiger partial charge in [0.25, 0.3) is 0 Å². The van der Waals surface area contributed by atoms with E-state index in [2.05, 4.69) is 20.1 Å². The number of ether oxygens (including phenoxy) is 1. The van der Waals surface area contributed by atoms with Crippen LogP contribution >= 0.6 is 0 Å². The van der Waals surface area contributed by atoms with Crippen molar-refractivity contribution in [2.45, 2.75) is 25.5 Å². The Labute approximate surface area is 146 Å². The number of anilines is 1. The monoisotopic (exact) mass is 345 g/mol. The normalized spacial score (nSPS) is 17.5. The lowest BCUT2D eigenvalue weighted by Crippen LogP contribution is -2.42. The van der Waals surface area contributed by atoms with Crippen molar-refractivity contribution in [1.29, 1.82) is 0 Å². The maximum Gasteiger partial charge on any atom is 0.222 e. The first kappa shape index (κ1) is 17.3. The standard InChI is InChI=1S/C16H23N7O2/c1-21(2)16-15(18-5-6-19-16)13-10-22(8-9-25-13)14(24)4-3-7-23-12-17-11-20-23/h5-6,11-13H,3-4,7-10H2,1-2H3/t13-/m0/s1. The van der Waals surface area contributed by atoms with E-state index in [-0.39, 0.29) is 12.0 Å². The summed E-state index contributed by atoms with van der Waals surface area (Å²) in [6.45, 7) is 2.30. The van der Waals surface area contributed by atoms with Crippen molar-refractivity contribution >= 4 is 11.7 Å². The van der Waals surface area contributed by atoms with Gasteiger partial charge in [-0.1, -0.05) is 0 Å². The minimum Gasteiger partial charge on any atom is -0.368 e. The summed E-state index contributed by atoms with van der Waals surface area (Å²) in [5.41, 5.74) is 0.771. The van der Waals surface area contributed by atoms with Crippen LogP contribution in [0.15, 0.2) is 25.0 Å². The molecule has 9 nitrogen and oxygen atoms in total. The second-order valence-corrected chi connectivity index (χ2v) is 6.12. The van der Waals surface area contributed by atoms with Gasteiger partial charge in [0.05, 0.1) is 13.2 Å². The average Bonchev–Trinajstić information content (AvgIpc) is 3.15. The van der Waals surface area contributed by atoms with Crippen LogP contribution in [0.1, 0.15) is 24.6 Å². The number of aromatic nitrogens is 5. The first-order valence-electron chi connectivity index (χ1n) is 8.35. The summed E-state index contributed by atoms with van der Waals surface area (Å²) in [6, 6.07) is 0. The molecule has 0 saturated carbocycles. The van der Waals surface area contributed by atoms with Gasteiger partial charge in [0, 0.05) is 46.0 Å². The van der Waals surface area contributed by atoms with Gasteiger partial charge in [-0.2, -0.15) is 5.10 Å². The maximum atomic E-state index is 12.5. The molecular formula is C16H23N7O2. The molecule has 1 amide bonds. The molecule has 0 unspecified atom stereocenters. The van der Waals surface area contributed by atoms with Crippen molar-refractivity contribution in [2.24, 2.45) is 0 Å². The third-order valence-electron chi connectivity index (χ3n) is 4.10. The number of amides is 1. The first-order valence-corrected chi connectivity index (χ1v) is 8.35. The number of morpholine rings is 1. The molecule has 1 saturated heterocycles. The van der Waals surface area contributed by atoms with Gasteiger partial charge in [0.15, 0.2) is 5.82 Å². The van der Waals surface area contributed by atoms with E-state index in [4.69, 9.17) is 4.74 Å². The van der Waals surface area contributed by atoms with Crippen molar-refractivity contribution in [2.75, 3.05) is 38.7 Å². The number of aryl methyl sites for hydroxylation is 1. The van der Waals surface area contributed by atoms with E-state index < -0.39 is 0 Å². The lowest BCUT2D eigenvalue weighted by molar-refractivity contribution is -0.139. The van der Waals surface area contributed by atoms with E-state index in [0.29, 0.717) is 32.7 Å². The Balaban J connectivity index is 1.58. The molecule has 25 heavy (non-hydrogen) atoms. The Morgan fingerprint density at radius 2 is 2.20 bits per heavy atom. The smallest absolute Gasteiger partial charge is 0.222 e. The Morgan fingerprint density at radius 3 is 2.96 bits per heavy atom. The third-order valence-corrected chi connectivity index (χ3v) is 4.10. The lowest BCUT2D eigenvalue weighted by atomic mass is 10.1. The molecule has 0 bridgehead atoms. The van der Waals surface area contributed by atoms with Gasteiger partial charge in [-0.05, 0) is 6.42 Å². The molecule has 2 aromatic rings. The zero-order chi connectivity index (χ0) is 17.6. The fraction of sp³-hybridized carbons (Fsp3) is 0.562. The van der Waals surface area contributed by atoms with Crippen molar-refractivity contribution in [3.63, 3.8) is 0 Å². The predicted molar refractivity (Wildman–Crippen MR) is 90.9 cm³/mol. The van der Waals surface area contributed by atoms with Gasteiger partial charge in [-0.3, -0.25) is 14.5 Å². The van der Waals surface area contributed by atoms with Crippen molar-refractivity contribution in [3.05, 3.63) is 30.7 Å². The summed E-state index contributed by atoms with van der Waals surface area (Å²) in [5.74, 6) is 0.900. The quantitative estimate of drug-likeness (QED) is 0.754. The summed E-state index contributed by atoms with van der Waals surface area (Å²) in [6.07, 6.45) is 7.44. The highest BCUT2D eigenvalue weighted by molar-refractivity contribution is 5.76. The van der Waals surface area contributed by atoms with E-state index in [1.807, 2.05) is 23.9 Å². The highest BCUT2D eigenvalue weighted by Crippen LogP contribution is 2.26. The van der Waals surface area contributed by atoms with Crippen LogP contribution in [-0.4, -0.2) is 69.3 Å². The highest BCUT2D eigenvalue weighted by atomic mass is 16.5. The second kappa shape index (κ2) is 8.02. The predicted octanol–water partition coefficient (Wildman–Crippen LogP) is 0.514. The molecule has 0 N–H and O–H groups in total. The lowest BCUT2D eigenvalue weighted by Gasteiger charge is -2.33. The average molecular weight is 345 g/mol. The Hall–Kier alpha value is -2.55. The first-order chi connectivity index (χ1) is 12.1. The summed E-state index contributed by atoms with van der Waals surface area (Å²) in [5, 5.41) is 4.04. The minimum atomic E-state index is -0.251. The molecule has 1 aliphatic rings. The van der Waals surface area contributed by atoms with Gasteiger partial charge >= 0.3 is 0 Å². The molecule has 0 radical (unpaired) electrons. The number of carbonyl (C=O) groups is 1. The third kappa shape index (κ3) is 4.30. The molecule has 3 rings (SSSR count). The fourth-order valence-corrected chi connectivity index (χ4v) is 2.85. The Bertz CT molecular complexity index is 690. The molecule has 3 heterocycles. The number of hydrogen-bond acceptors (Lipinski definition) is 7. The number of carbonyl (C=O) groups excluding carboxylic acids is 1. The van der Waals surface area contributed by atoms with Crippen LogP contribution < -0.4 is 4.90 Å². The summed E-state index contributed by atoms with van der Waals surface area (Å²) in [4.78, 5) is 29.0. The summed E-state index contributed by atoms with van der Waals surface area (Å²) in [7, 11) is 3.84. The van der Waals surface area contributed by atoms with E-state index in [0.717, 1.165) is 17.9 Å². The van der Waals surface area contributed by atoms with Crippen molar-refractivity contribution < 1.29 is 9.53 Å². The van der Waals surface area contributed by atoms with Crippen LogP contribution in [-0.2, 0) is 16.1 Å². The van der Waals surface area contributed by atoms with Gasteiger partial charge in [-0.15, -0.1) is 0 Å². The van der Waals surface area contributed by atoms with E-state index in [1.165, 1.54) is 6.33 Å².